The summed E-state index contributed by atoms with van der Waals surface area (Å²) in [5.74, 6) is 1.65. The quantitative estimate of drug-likeness (QED) is 0.252. The van der Waals surface area contributed by atoms with Crippen molar-refractivity contribution in [2.45, 2.75) is 65.9 Å². The smallest absolute Gasteiger partial charge is 0.407 e. The number of nitrogens with one attached hydrogen (secondary N) is 1. The van der Waals surface area contributed by atoms with E-state index in [9.17, 15) is 4.79 Å². The molecule has 0 aliphatic rings. The van der Waals surface area contributed by atoms with Crippen molar-refractivity contribution >= 4 is 28.0 Å². The predicted octanol–water partition coefficient (Wildman–Crippen LogP) is 6.00. The first kappa shape index (κ1) is 26.4. The fourth-order valence-electron chi connectivity index (χ4n) is 4.12. The second-order valence-corrected chi connectivity index (χ2v) is 9.90. The lowest BCUT2D eigenvalue weighted by atomic mass is 10.1. The van der Waals surface area contributed by atoms with Gasteiger partial charge in [0.25, 0.3) is 0 Å². The van der Waals surface area contributed by atoms with Gasteiger partial charge in [0, 0.05) is 25.1 Å². The van der Waals surface area contributed by atoms with Crippen LogP contribution in [0.5, 0.6) is 5.75 Å². The van der Waals surface area contributed by atoms with E-state index >= 15 is 0 Å². The lowest BCUT2D eigenvalue weighted by Crippen LogP contribution is -2.33. The van der Waals surface area contributed by atoms with Crippen LogP contribution in [-0.4, -0.2) is 39.4 Å². The molecule has 2 aromatic carbocycles. The van der Waals surface area contributed by atoms with Crippen LogP contribution in [0.4, 0.5) is 4.79 Å². The first-order valence-corrected chi connectivity index (χ1v) is 12.8. The summed E-state index contributed by atoms with van der Waals surface area (Å²) in [6.07, 6.45) is 3.09. The molecule has 4 aromatic rings. The molecule has 8 nitrogen and oxygen atoms in total. The van der Waals surface area contributed by atoms with Crippen LogP contribution in [0.25, 0.3) is 21.9 Å². The summed E-state index contributed by atoms with van der Waals surface area (Å²) in [5, 5.41) is 3.82. The van der Waals surface area contributed by atoms with E-state index in [4.69, 9.17) is 19.2 Å². The summed E-state index contributed by atoms with van der Waals surface area (Å²) in [6, 6.07) is 16.1. The van der Waals surface area contributed by atoms with Crippen molar-refractivity contribution in [3.63, 3.8) is 0 Å². The van der Waals surface area contributed by atoms with Crippen LogP contribution in [0.1, 0.15) is 51.9 Å². The number of ether oxygens (including phenoxy) is 3. The molecule has 0 atom stereocenters. The van der Waals surface area contributed by atoms with E-state index in [0.29, 0.717) is 26.4 Å². The molecule has 2 aromatic heterocycles. The van der Waals surface area contributed by atoms with Gasteiger partial charge in [-0.3, -0.25) is 4.98 Å². The predicted molar refractivity (Wildman–Crippen MR) is 145 cm³/mol. The number of amides is 1. The number of hydrogen-bond acceptors (Lipinski definition) is 6. The van der Waals surface area contributed by atoms with Crippen LogP contribution >= 0.6 is 0 Å². The summed E-state index contributed by atoms with van der Waals surface area (Å²) >= 11 is 0. The van der Waals surface area contributed by atoms with Crippen molar-refractivity contribution in [1.82, 2.24) is 19.9 Å². The average molecular weight is 505 g/mol. The Kier molecular flexibility index (Phi) is 8.61. The van der Waals surface area contributed by atoms with Crippen LogP contribution in [0.3, 0.4) is 0 Å². The number of pyridine rings is 1. The first-order chi connectivity index (χ1) is 17.8. The number of alkyl carbamates (subject to hydrolysis) is 1. The second-order valence-electron chi connectivity index (χ2n) is 9.90. The maximum absolute atomic E-state index is 11.9. The highest BCUT2D eigenvalue weighted by molar-refractivity contribution is 6.02. The minimum Gasteiger partial charge on any atom is -0.489 e. The number of benzene rings is 2. The molecule has 37 heavy (non-hydrogen) atoms. The van der Waals surface area contributed by atoms with E-state index in [-0.39, 0.29) is 0 Å². The molecular formula is C29H36N4O4. The number of carbonyl (C=O) groups is 1. The Morgan fingerprint density at radius 1 is 1.03 bits per heavy atom. The number of aromatic nitrogens is 3. The van der Waals surface area contributed by atoms with Crippen molar-refractivity contribution in [3.8, 4) is 5.75 Å². The lowest BCUT2D eigenvalue weighted by molar-refractivity contribution is 0.0527. The second kappa shape index (κ2) is 12.1. The third-order valence-electron chi connectivity index (χ3n) is 5.78. The normalized spacial score (nSPS) is 11.7. The zero-order valence-corrected chi connectivity index (χ0v) is 22.1. The summed E-state index contributed by atoms with van der Waals surface area (Å²) in [7, 11) is 0. The third kappa shape index (κ3) is 7.20. The Balaban J connectivity index is 1.53. The van der Waals surface area contributed by atoms with E-state index in [1.165, 1.54) is 0 Å². The Morgan fingerprint density at radius 2 is 1.84 bits per heavy atom. The van der Waals surface area contributed by atoms with Crippen molar-refractivity contribution in [1.29, 1.82) is 0 Å². The number of aryl methyl sites for hydroxylation is 1. The monoisotopic (exact) mass is 504 g/mol. The number of unbranched alkanes of at least 4 members (excludes halogenated alkanes) is 1. The highest BCUT2D eigenvalue weighted by atomic mass is 16.6. The fraction of sp³-hybridized carbons (Fsp3) is 0.414. The minimum atomic E-state index is -0.507. The molecule has 0 saturated carbocycles. The number of imidazole rings is 1. The molecular weight excluding hydrogens is 468 g/mol. The van der Waals surface area contributed by atoms with Gasteiger partial charge in [0.05, 0.1) is 17.2 Å². The molecule has 0 spiro atoms. The number of carbonyl (C=O) groups excluding carboxylic acids is 1. The standard InChI is InChI=1S/C29H36N4O4/c1-5-35-20-26-32-25-18-31-24-14-13-22(36-19-21-11-7-6-8-12-21)17-23(24)27(25)33(26)16-10-9-15-30-28(34)37-29(2,3)4/h6-8,11-14,17-18H,5,9-10,15-16,19-20H2,1-4H3,(H,30,34). The van der Waals surface area contributed by atoms with Gasteiger partial charge in [-0.2, -0.15) is 0 Å². The largest absolute Gasteiger partial charge is 0.489 e. The van der Waals surface area contributed by atoms with Crippen molar-refractivity contribution in [2.24, 2.45) is 0 Å². The molecule has 196 valence electrons. The molecule has 4 rings (SSSR count). The van der Waals surface area contributed by atoms with E-state index in [1.807, 2.05) is 82.4 Å². The molecule has 0 saturated heterocycles. The van der Waals surface area contributed by atoms with Crippen LogP contribution < -0.4 is 10.1 Å². The minimum absolute atomic E-state index is 0.391. The molecule has 0 aliphatic heterocycles. The molecule has 2 heterocycles. The zero-order valence-electron chi connectivity index (χ0n) is 22.1. The van der Waals surface area contributed by atoms with Gasteiger partial charge in [0.1, 0.15) is 35.9 Å². The van der Waals surface area contributed by atoms with Crippen LogP contribution in [0.2, 0.25) is 0 Å². The summed E-state index contributed by atoms with van der Waals surface area (Å²) in [6.45, 7) is 10.4. The summed E-state index contributed by atoms with van der Waals surface area (Å²) in [5.41, 5.74) is 3.34. The van der Waals surface area contributed by atoms with Gasteiger partial charge >= 0.3 is 6.09 Å². The van der Waals surface area contributed by atoms with Gasteiger partial charge in [-0.1, -0.05) is 30.3 Å². The van der Waals surface area contributed by atoms with Crippen molar-refractivity contribution < 1.29 is 19.0 Å². The van der Waals surface area contributed by atoms with Crippen LogP contribution in [0.15, 0.2) is 54.7 Å². The Hall–Kier alpha value is -3.65. The number of rotatable bonds is 11. The third-order valence-corrected chi connectivity index (χ3v) is 5.78. The van der Waals surface area contributed by atoms with Crippen molar-refractivity contribution in [2.75, 3.05) is 13.2 Å². The molecule has 0 bridgehead atoms. The molecule has 0 fully saturated rings. The fourth-order valence-corrected chi connectivity index (χ4v) is 4.12. The number of nitrogens with zero attached hydrogens (tertiary/aromatic N) is 3. The molecule has 8 heteroatoms. The lowest BCUT2D eigenvalue weighted by Gasteiger charge is -2.19. The van der Waals surface area contributed by atoms with Crippen LogP contribution in [0, 0.1) is 0 Å². The highest BCUT2D eigenvalue weighted by Crippen LogP contribution is 2.29. The van der Waals surface area contributed by atoms with Gasteiger partial charge in [0.15, 0.2) is 0 Å². The number of fused-ring (bicyclic) bond motifs is 3. The van der Waals surface area contributed by atoms with Crippen LogP contribution in [-0.2, 0) is 29.2 Å². The van der Waals surface area contributed by atoms with Crippen molar-refractivity contribution in [3.05, 3.63) is 66.1 Å². The molecule has 0 radical (unpaired) electrons. The topological polar surface area (TPSA) is 87.5 Å². The number of hydrogen-bond donors (Lipinski definition) is 1. The van der Waals surface area contributed by atoms with Gasteiger partial charge in [-0.15, -0.1) is 0 Å². The van der Waals surface area contributed by atoms with Gasteiger partial charge in [-0.05, 0) is 64.3 Å². The molecule has 1 amide bonds. The first-order valence-electron chi connectivity index (χ1n) is 12.8. The SMILES string of the molecule is CCOCc1nc2cnc3ccc(OCc4ccccc4)cc3c2n1CCCCNC(=O)OC(C)(C)C. The van der Waals surface area contributed by atoms with E-state index in [2.05, 4.69) is 14.9 Å². The summed E-state index contributed by atoms with van der Waals surface area (Å²) < 4.78 is 19.3. The van der Waals surface area contributed by atoms with E-state index < -0.39 is 11.7 Å². The van der Waals surface area contributed by atoms with Gasteiger partial charge < -0.3 is 24.1 Å². The average Bonchev–Trinajstić information content (AvgIpc) is 3.23. The van der Waals surface area contributed by atoms with E-state index in [0.717, 1.165) is 58.5 Å². The Morgan fingerprint density at radius 3 is 2.59 bits per heavy atom. The molecule has 0 aliphatic carbocycles. The Labute approximate surface area is 218 Å². The maximum atomic E-state index is 11.9. The highest BCUT2D eigenvalue weighted by Gasteiger charge is 2.17. The maximum Gasteiger partial charge on any atom is 0.407 e. The van der Waals surface area contributed by atoms with Gasteiger partial charge in [0.2, 0.25) is 0 Å². The van der Waals surface area contributed by atoms with E-state index in [1.54, 1.807) is 0 Å². The zero-order chi connectivity index (χ0) is 26.3. The molecule has 1 N–H and O–H groups in total. The summed E-state index contributed by atoms with van der Waals surface area (Å²) in [4.78, 5) is 21.4. The van der Waals surface area contributed by atoms with Gasteiger partial charge in [-0.25, -0.2) is 9.78 Å². The molecule has 0 unspecified atom stereocenters. The Bertz CT molecular complexity index is 1330.